The number of halogens is 1. The summed E-state index contributed by atoms with van der Waals surface area (Å²) in [6, 6.07) is 18.1. The van der Waals surface area contributed by atoms with Crippen molar-refractivity contribution < 1.29 is 22.4 Å². The summed E-state index contributed by atoms with van der Waals surface area (Å²) < 4.78 is 42.5. The van der Waals surface area contributed by atoms with Crippen molar-refractivity contribution in [3.8, 4) is 0 Å². The molecule has 218 valence electrons. The third kappa shape index (κ3) is 7.52. The lowest BCUT2D eigenvalue weighted by atomic mass is 9.95. The van der Waals surface area contributed by atoms with Crippen molar-refractivity contribution in [2.45, 2.75) is 76.4 Å². The first kappa shape index (κ1) is 30.2. The van der Waals surface area contributed by atoms with Gasteiger partial charge in [-0.15, -0.1) is 0 Å². The second-order valence-corrected chi connectivity index (χ2v) is 12.6. The van der Waals surface area contributed by atoms with Crippen molar-refractivity contribution in [3.05, 3.63) is 95.3 Å². The largest absolute Gasteiger partial charge is 0.352 e. The minimum Gasteiger partial charge on any atom is -0.352 e. The van der Waals surface area contributed by atoms with Gasteiger partial charge in [-0.3, -0.25) is 13.9 Å². The molecule has 0 aliphatic heterocycles. The lowest BCUT2D eigenvalue weighted by molar-refractivity contribution is -0.139. The summed E-state index contributed by atoms with van der Waals surface area (Å²) >= 11 is 0. The average molecular weight is 580 g/mol. The fraction of sp³-hybridized carbons (Fsp3) is 0.375. The van der Waals surface area contributed by atoms with Crippen LogP contribution in [0.25, 0.3) is 0 Å². The van der Waals surface area contributed by atoms with Gasteiger partial charge in [0.1, 0.15) is 18.4 Å². The number of carbonyl (C=O) groups excluding carboxylic acids is 2. The highest BCUT2D eigenvalue weighted by molar-refractivity contribution is 7.92. The topological polar surface area (TPSA) is 86.8 Å². The van der Waals surface area contributed by atoms with E-state index in [4.69, 9.17) is 0 Å². The van der Waals surface area contributed by atoms with Crippen LogP contribution in [0.2, 0.25) is 0 Å². The molecule has 4 rings (SSSR count). The second-order valence-electron chi connectivity index (χ2n) is 10.8. The van der Waals surface area contributed by atoms with Crippen LogP contribution in [0, 0.1) is 19.7 Å². The minimum atomic E-state index is -4.12. The molecule has 3 aromatic carbocycles. The maximum Gasteiger partial charge on any atom is 0.264 e. The SMILES string of the molecule is Cc1ccc(N(CC(=O)N(Cc2ccc(F)cc2)C(C)C(=O)NC2CCCCC2)S(=O)(=O)c2ccccc2)cc1C. The molecule has 0 radical (unpaired) electrons. The molecule has 2 amide bonds. The standard InChI is InChI=1S/C32H38FN3O4S/c1-23-14-19-29(20-24(23)2)36(41(39,40)30-12-8-5-9-13-30)22-31(37)35(21-26-15-17-27(33)18-16-26)25(3)32(38)34-28-10-6-4-7-11-28/h5,8-9,12-20,25,28H,4,6-7,10-11,21-22H2,1-3H3,(H,34,38). The molecule has 1 saturated carbocycles. The molecule has 41 heavy (non-hydrogen) atoms. The van der Waals surface area contributed by atoms with Crippen LogP contribution < -0.4 is 9.62 Å². The highest BCUT2D eigenvalue weighted by Crippen LogP contribution is 2.27. The number of nitrogens with one attached hydrogen (secondary N) is 1. The normalized spacial score (nSPS) is 14.7. The molecule has 3 aromatic rings. The maximum absolute atomic E-state index is 14.0. The number of amides is 2. The average Bonchev–Trinajstić information content (AvgIpc) is 2.97. The molecule has 1 aliphatic rings. The Morgan fingerprint density at radius 1 is 0.927 bits per heavy atom. The van der Waals surface area contributed by atoms with Gasteiger partial charge in [0.2, 0.25) is 11.8 Å². The predicted molar refractivity (Wildman–Crippen MR) is 158 cm³/mol. The summed E-state index contributed by atoms with van der Waals surface area (Å²) in [5.74, 6) is -1.25. The van der Waals surface area contributed by atoms with Crippen molar-refractivity contribution in [2.24, 2.45) is 0 Å². The Hall–Kier alpha value is -3.72. The first-order chi connectivity index (χ1) is 19.6. The van der Waals surface area contributed by atoms with E-state index in [-0.39, 0.29) is 23.4 Å². The van der Waals surface area contributed by atoms with E-state index in [1.807, 2.05) is 19.9 Å². The van der Waals surface area contributed by atoms with Gasteiger partial charge in [0.25, 0.3) is 10.0 Å². The van der Waals surface area contributed by atoms with Gasteiger partial charge in [0.05, 0.1) is 10.6 Å². The molecular formula is C32H38FN3O4S. The van der Waals surface area contributed by atoms with E-state index in [9.17, 15) is 22.4 Å². The van der Waals surface area contributed by atoms with Crippen LogP contribution in [0.4, 0.5) is 10.1 Å². The fourth-order valence-electron chi connectivity index (χ4n) is 5.07. The van der Waals surface area contributed by atoms with Gasteiger partial charge >= 0.3 is 0 Å². The van der Waals surface area contributed by atoms with Crippen molar-refractivity contribution in [2.75, 3.05) is 10.8 Å². The van der Waals surface area contributed by atoms with Gasteiger partial charge in [-0.2, -0.15) is 0 Å². The molecule has 0 aromatic heterocycles. The van der Waals surface area contributed by atoms with Gasteiger partial charge in [-0.05, 0) is 86.7 Å². The Balaban J connectivity index is 1.68. The van der Waals surface area contributed by atoms with E-state index < -0.39 is 34.3 Å². The second kappa shape index (κ2) is 13.3. The summed E-state index contributed by atoms with van der Waals surface area (Å²) in [6.07, 6.45) is 5.00. The lowest BCUT2D eigenvalue weighted by Gasteiger charge is -2.33. The van der Waals surface area contributed by atoms with Crippen molar-refractivity contribution >= 4 is 27.5 Å². The molecule has 9 heteroatoms. The van der Waals surface area contributed by atoms with Crippen LogP contribution in [0.3, 0.4) is 0 Å². The zero-order chi connectivity index (χ0) is 29.6. The molecule has 1 fully saturated rings. The molecule has 1 aliphatic carbocycles. The summed E-state index contributed by atoms with van der Waals surface area (Å²) in [7, 11) is -4.12. The smallest absolute Gasteiger partial charge is 0.264 e. The Kier molecular flexibility index (Phi) is 9.81. The first-order valence-corrected chi connectivity index (χ1v) is 15.5. The van der Waals surface area contributed by atoms with E-state index in [0.717, 1.165) is 47.5 Å². The Morgan fingerprint density at radius 3 is 2.22 bits per heavy atom. The van der Waals surface area contributed by atoms with E-state index >= 15 is 0 Å². The number of aryl methyl sites for hydroxylation is 2. The van der Waals surface area contributed by atoms with E-state index in [2.05, 4.69) is 5.32 Å². The molecule has 0 spiro atoms. The van der Waals surface area contributed by atoms with Crippen LogP contribution in [-0.4, -0.2) is 43.8 Å². The summed E-state index contributed by atoms with van der Waals surface area (Å²) in [4.78, 5) is 28.8. The number of hydrogen-bond donors (Lipinski definition) is 1. The number of hydrogen-bond acceptors (Lipinski definition) is 4. The number of anilines is 1. The molecule has 0 heterocycles. The van der Waals surface area contributed by atoms with E-state index in [1.165, 1.54) is 29.2 Å². The summed E-state index contributed by atoms with van der Waals surface area (Å²) in [5, 5.41) is 3.08. The Bertz CT molecular complexity index is 1460. The number of nitrogens with zero attached hydrogens (tertiary/aromatic N) is 2. The van der Waals surface area contributed by atoms with E-state index in [1.54, 1.807) is 49.4 Å². The zero-order valence-electron chi connectivity index (χ0n) is 23.8. The molecule has 1 unspecified atom stereocenters. The highest BCUT2D eigenvalue weighted by atomic mass is 32.2. The number of benzene rings is 3. The Morgan fingerprint density at radius 2 is 1.59 bits per heavy atom. The Labute approximate surface area is 242 Å². The van der Waals surface area contributed by atoms with Crippen LogP contribution in [0.5, 0.6) is 0 Å². The third-order valence-corrected chi connectivity index (χ3v) is 9.56. The van der Waals surface area contributed by atoms with Crippen LogP contribution >= 0.6 is 0 Å². The quantitative estimate of drug-likeness (QED) is 0.344. The lowest BCUT2D eigenvalue weighted by Crippen LogP contribution is -2.53. The molecule has 0 saturated heterocycles. The van der Waals surface area contributed by atoms with Crippen LogP contribution in [-0.2, 0) is 26.2 Å². The van der Waals surface area contributed by atoms with Gasteiger partial charge in [-0.25, -0.2) is 12.8 Å². The number of sulfonamides is 1. The zero-order valence-corrected chi connectivity index (χ0v) is 24.7. The van der Waals surface area contributed by atoms with Gasteiger partial charge in [0, 0.05) is 12.6 Å². The number of carbonyl (C=O) groups is 2. The minimum absolute atomic E-state index is 0.0184. The monoisotopic (exact) mass is 579 g/mol. The molecular weight excluding hydrogens is 541 g/mol. The maximum atomic E-state index is 14.0. The highest BCUT2D eigenvalue weighted by Gasteiger charge is 2.33. The van der Waals surface area contributed by atoms with Crippen molar-refractivity contribution in [1.29, 1.82) is 0 Å². The summed E-state index contributed by atoms with van der Waals surface area (Å²) in [6.45, 7) is 4.96. The van der Waals surface area contributed by atoms with Crippen LogP contribution in [0.1, 0.15) is 55.7 Å². The first-order valence-electron chi connectivity index (χ1n) is 14.1. The van der Waals surface area contributed by atoms with E-state index in [0.29, 0.717) is 11.3 Å². The molecule has 7 nitrogen and oxygen atoms in total. The predicted octanol–water partition coefficient (Wildman–Crippen LogP) is 5.50. The summed E-state index contributed by atoms with van der Waals surface area (Å²) in [5.41, 5.74) is 2.85. The number of rotatable bonds is 10. The van der Waals surface area contributed by atoms with Gasteiger partial charge in [0.15, 0.2) is 0 Å². The third-order valence-electron chi connectivity index (χ3n) is 7.77. The van der Waals surface area contributed by atoms with Gasteiger partial charge < -0.3 is 10.2 Å². The van der Waals surface area contributed by atoms with Crippen LogP contribution in [0.15, 0.2) is 77.7 Å². The molecule has 0 bridgehead atoms. The van der Waals surface area contributed by atoms with Crippen molar-refractivity contribution in [1.82, 2.24) is 10.2 Å². The fourth-order valence-corrected chi connectivity index (χ4v) is 6.49. The molecule has 1 atom stereocenters. The van der Waals surface area contributed by atoms with Gasteiger partial charge in [-0.1, -0.05) is 55.7 Å². The van der Waals surface area contributed by atoms with Crippen molar-refractivity contribution in [3.63, 3.8) is 0 Å². The molecule has 1 N–H and O–H groups in total.